The summed E-state index contributed by atoms with van der Waals surface area (Å²) in [7, 11) is 1.81. The number of carbonyl (C=O) groups is 2. The Morgan fingerprint density at radius 1 is 1.47 bits per heavy atom. The zero-order valence-corrected chi connectivity index (χ0v) is 11.6. The predicted octanol–water partition coefficient (Wildman–Crippen LogP) is 1.17. The Balaban J connectivity index is 1.88. The van der Waals surface area contributed by atoms with Gasteiger partial charge in [0.15, 0.2) is 0 Å². The van der Waals surface area contributed by atoms with E-state index in [4.69, 9.17) is 5.11 Å². The summed E-state index contributed by atoms with van der Waals surface area (Å²) in [5.74, 6) is -0.925. The van der Waals surface area contributed by atoms with Crippen LogP contribution in [0.15, 0.2) is 11.8 Å². The van der Waals surface area contributed by atoms with Crippen LogP contribution in [0, 0.1) is 11.8 Å². The zero-order valence-electron chi connectivity index (χ0n) is 11.6. The van der Waals surface area contributed by atoms with Gasteiger partial charge >= 0.3 is 5.97 Å². The molecular formula is C14H22N2O3. The first-order valence-electron chi connectivity index (χ1n) is 6.89. The van der Waals surface area contributed by atoms with Crippen molar-refractivity contribution in [1.29, 1.82) is 0 Å². The van der Waals surface area contributed by atoms with Crippen molar-refractivity contribution in [3.05, 3.63) is 11.8 Å². The largest absolute Gasteiger partial charge is 0.481 e. The van der Waals surface area contributed by atoms with Crippen LogP contribution in [-0.4, -0.2) is 53.5 Å². The molecule has 1 aliphatic carbocycles. The molecule has 1 aliphatic heterocycles. The summed E-state index contributed by atoms with van der Waals surface area (Å²) < 4.78 is 0. The van der Waals surface area contributed by atoms with Gasteiger partial charge in [-0.25, -0.2) is 0 Å². The van der Waals surface area contributed by atoms with E-state index >= 15 is 0 Å². The molecule has 1 amide bonds. The topological polar surface area (TPSA) is 60.9 Å². The molecule has 1 saturated heterocycles. The van der Waals surface area contributed by atoms with E-state index in [1.165, 1.54) is 0 Å². The van der Waals surface area contributed by atoms with E-state index < -0.39 is 5.97 Å². The molecule has 2 aliphatic rings. The van der Waals surface area contributed by atoms with Crippen LogP contribution in [-0.2, 0) is 9.59 Å². The van der Waals surface area contributed by atoms with E-state index in [1.54, 1.807) is 4.90 Å². The molecule has 2 atom stereocenters. The molecule has 0 saturated carbocycles. The van der Waals surface area contributed by atoms with Crippen molar-refractivity contribution in [3.63, 3.8) is 0 Å². The summed E-state index contributed by atoms with van der Waals surface area (Å²) in [5, 5.41) is 9.09. The molecule has 5 heteroatoms. The molecule has 19 heavy (non-hydrogen) atoms. The molecule has 2 rings (SSSR count). The highest BCUT2D eigenvalue weighted by Crippen LogP contribution is 2.24. The number of likely N-dealkylation sites (N-methyl/N-ethyl adjacent to an activating group) is 1. The SMILES string of the molecule is C[C@@H]1CN(CC(=O)N(C)C2=CCCC2)C[C@H]1C(=O)O. The third kappa shape index (κ3) is 3.15. The second kappa shape index (κ2) is 5.74. The Kier molecular flexibility index (Phi) is 4.24. The highest BCUT2D eigenvalue weighted by molar-refractivity contribution is 5.80. The van der Waals surface area contributed by atoms with Crippen molar-refractivity contribution in [3.8, 4) is 0 Å². The van der Waals surface area contributed by atoms with Crippen LogP contribution < -0.4 is 0 Å². The Labute approximate surface area is 113 Å². The molecule has 106 valence electrons. The van der Waals surface area contributed by atoms with E-state index in [1.807, 2.05) is 18.9 Å². The first-order valence-corrected chi connectivity index (χ1v) is 6.89. The van der Waals surface area contributed by atoms with Crippen LogP contribution in [0.4, 0.5) is 0 Å². The fourth-order valence-corrected chi connectivity index (χ4v) is 2.93. The van der Waals surface area contributed by atoms with Gasteiger partial charge in [0.1, 0.15) is 0 Å². The van der Waals surface area contributed by atoms with Crippen LogP contribution in [0.25, 0.3) is 0 Å². The molecule has 1 fully saturated rings. The van der Waals surface area contributed by atoms with E-state index in [0.717, 1.165) is 25.0 Å². The molecular weight excluding hydrogens is 244 g/mol. The van der Waals surface area contributed by atoms with Crippen molar-refractivity contribution in [2.45, 2.75) is 26.2 Å². The van der Waals surface area contributed by atoms with Crippen molar-refractivity contribution in [2.75, 3.05) is 26.7 Å². The Morgan fingerprint density at radius 3 is 2.74 bits per heavy atom. The quantitative estimate of drug-likeness (QED) is 0.829. The summed E-state index contributed by atoms with van der Waals surface area (Å²) in [4.78, 5) is 26.9. The number of aliphatic carboxylic acids is 1. The van der Waals surface area contributed by atoms with Gasteiger partial charge in [0.05, 0.1) is 12.5 Å². The lowest BCUT2D eigenvalue weighted by molar-refractivity contribution is -0.142. The number of allylic oxidation sites excluding steroid dienone is 2. The molecule has 0 spiro atoms. The van der Waals surface area contributed by atoms with E-state index in [9.17, 15) is 9.59 Å². The highest BCUT2D eigenvalue weighted by Gasteiger charge is 2.35. The minimum atomic E-state index is -0.755. The third-order valence-electron chi connectivity index (χ3n) is 4.19. The molecule has 0 bridgehead atoms. The normalized spacial score (nSPS) is 27.4. The number of carbonyl (C=O) groups excluding carboxylic acids is 1. The molecule has 0 aromatic carbocycles. The van der Waals surface area contributed by atoms with E-state index in [0.29, 0.717) is 19.6 Å². The minimum Gasteiger partial charge on any atom is -0.481 e. The summed E-state index contributed by atoms with van der Waals surface area (Å²) in [6, 6.07) is 0. The van der Waals surface area contributed by atoms with Gasteiger partial charge in [-0.1, -0.05) is 13.0 Å². The van der Waals surface area contributed by atoms with Crippen LogP contribution in [0.2, 0.25) is 0 Å². The summed E-state index contributed by atoms with van der Waals surface area (Å²) >= 11 is 0. The van der Waals surface area contributed by atoms with Gasteiger partial charge in [-0.05, 0) is 25.2 Å². The van der Waals surface area contributed by atoms with Gasteiger partial charge in [-0.15, -0.1) is 0 Å². The number of hydrogen-bond acceptors (Lipinski definition) is 3. The maximum Gasteiger partial charge on any atom is 0.308 e. The zero-order chi connectivity index (χ0) is 14.0. The number of rotatable bonds is 4. The summed E-state index contributed by atoms with van der Waals surface area (Å²) in [5.41, 5.74) is 1.10. The predicted molar refractivity (Wildman–Crippen MR) is 71.4 cm³/mol. The molecule has 0 radical (unpaired) electrons. The molecule has 5 nitrogen and oxygen atoms in total. The van der Waals surface area contributed by atoms with E-state index in [2.05, 4.69) is 6.08 Å². The fourth-order valence-electron chi connectivity index (χ4n) is 2.93. The summed E-state index contributed by atoms with van der Waals surface area (Å²) in [6.07, 6.45) is 5.25. The standard InChI is InChI=1S/C14H22N2O3/c1-10-7-16(8-12(10)14(18)19)9-13(17)15(2)11-5-3-4-6-11/h5,10,12H,3-4,6-9H2,1-2H3,(H,18,19)/t10-,12-/m1/s1. The lowest BCUT2D eigenvalue weighted by Gasteiger charge is -2.22. The van der Waals surface area contributed by atoms with Gasteiger partial charge in [-0.2, -0.15) is 0 Å². The number of amides is 1. The Bertz CT molecular complexity index is 405. The fraction of sp³-hybridized carbons (Fsp3) is 0.714. The second-order valence-electron chi connectivity index (χ2n) is 5.66. The Morgan fingerprint density at radius 2 is 2.21 bits per heavy atom. The van der Waals surface area contributed by atoms with Crippen LogP contribution >= 0.6 is 0 Å². The summed E-state index contributed by atoms with van der Waals surface area (Å²) in [6.45, 7) is 3.43. The molecule has 0 aromatic rings. The lowest BCUT2D eigenvalue weighted by atomic mass is 9.99. The number of likely N-dealkylation sites (tertiary alicyclic amines) is 1. The number of carboxylic acids is 1. The lowest BCUT2D eigenvalue weighted by Crippen LogP contribution is -2.37. The third-order valence-corrected chi connectivity index (χ3v) is 4.19. The van der Waals surface area contributed by atoms with Crippen molar-refractivity contribution >= 4 is 11.9 Å². The van der Waals surface area contributed by atoms with Gasteiger partial charge in [-0.3, -0.25) is 14.5 Å². The first kappa shape index (κ1) is 14.1. The first-order chi connectivity index (χ1) is 8.99. The second-order valence-corrected chi connectivity index (χ2v) is 5.66. The molecule has 0 aromatic heterocycles. The van der Waals surface area contributed by atoms with Gasteiger partial charge in [0, 0.05) is 25.8 Å². The minimum absolute atomic E-state index is 0.0615. The van der Waals surface area contributed by atoms with Crippen LogP contribution in [0.1, 0.15) is 26.2 Å². The maximum absolute atomic E-state index is 12.2. The van der Waals surface area contributed by atoms with Crippen LogP contribution in [0.3, 0.4) is 0 Å². The number of carboxylic acid groups (broad SMARTS) is 1. The monoisotopic (exact) mass is 266 g/mol. The van der Waals surface area contributed by atoms with Crippen molar-refractivity contribution < 1.29 is 14.7 Å². The maximum atomic E-state index is 12.2. The van der Waals surface area contributed by atoms with Gasteiger partial charge in [0.25, 0.3) is 0 Å². The van der Waals surface area contributed by atoms with Crippen molar-refractivity contribution in [2.24, 2.45) is 11.8 Å². The number of hydrogen-bond donors (Lipinski definition) is 1. The number of nitrogens with zero attached hydrogens (tertiary/aromatic N) is 2. The molecule has 1 heterocycles. The van der Waals surface area contributed by atoms with Crippen molar-refractivity contribution in [1.82, 2.24) is 9.80 Å². The van der Waals surface area contributed by atoms with Gasteiger partial charge in [0.2, 0.25) is 5.91 Å². The Hall–Kier alpha value is -1.36. The average molecular weight is 266 g/mol. The van der Waals surface area contributed by atoms with E-state index in [-0.39, 0.29) is 17.7 Å². The molecule has 0 unspecified atom stereocenters. The molecule has 1 N–H and O–H groups in total. The highest BCUT2D eigenvalue weighted by atomic mass is 16.4. The van der Waals surface area contributed by atoms with Crippen LogP contribution in [0.5, 0.6) is 0 Å². The average Bonchev–Trinajstić information content (AvgIpc) is 2.97. The van der Waals surface area contributed by atoms with Gasteiger partial charge < -0.3 is 10.0 Å². The smallest absolute Gasteiger partial charge is 0.308 e.